The lowest BCUT2D eigenvalue weighted by Gasteiger charge is -2.24. The normalized spacial score (nSPS) is 16.9. The molecule has 3 heterocycles. The number of aromatic nitrogens is 2. The van der Waals surface area contributed by atoms with Crippen molar-refractivity contribution >= 4 is 23.2 Å². The van der Waals surface area contributed by atoms with Crippen LogP contribution < -0.4 is 5.32 Å². The van der Waals surface area contributed by atoms with Crippen molar-refractivity contribution in [3.05, 3.63) is 45.2 Å². The molecule has 1 aliphatic heterocycles. The number of carbonyl (C=O) groups excluding carboxylic acids is 2. The Morgan fingerprint density at radius 3 is 2.84 bits per heavy atom. The predicted molar refractivity (Wildman–Crippen MR) is 96.4 cm³/mol. The highest BCUT2D eigenvalue weighted by atomic mass is 32.1. The number of nitrogens with zero attached hydrogens (tertiary/aromatic N) is 3. The molecule has 1 aliphatic rings. The van der Waals surface area contributed by atoms with E-state index in [0.717, 1.165) is 35.5 Å². The maximum Gasteiger partial charge on any atom is 0.261 e. The highest BCUT2D eigenvalue weighted by Crippen LogP contribution is 2.32. The van der Waals surface area contributed by atoms with Crippen LogP contribution in [0.4, 0.5) is 0 Å². The summed E-state index contributed by atoms with van der Waals surface area (Å²) in [6.45, 7) is 6.51. The van der Waals surface area contributed by atoms with Crippen LogP contribution in [0.3, 0.4) is 0 Å². The van der Waals surface area contributed by atoms with E-state index >= 15 is 0 Å². The fraction of sp³-hybridized carbons (Fsp3) is 0.444. The lowest BCUT2D eigenvalue weighted by Crippen LogP contribution is -2.30. The van der Waals surface area contributed by atoms with Gasteiger partial charge < -0.3 is 10.2 Å². The van der Waals surface area contributed by atoms with Crippen LogP contribution >= 0.6 is 11.3 Å². The number of hydrogen-bond donors (Lipinski definition) is 1. The van der Waals surface area contributed by atoms with Crippen LogP contribution in [0.5, 0.6) is 0 Å². The first-order valence-electron chi connectivity index (χ1n) is 8.40. The molecule has 1 atom stereocenters. The smallest absolute Gasteiger partial charge is 0.261 e. The average molecular weight is 358 g/mol. The van der Waals surface area contributed by atoms with Crippen LogP contribution in [0.25, 0.3) is 0 Å². The van der Waals surface area contributed by atoms with Gasteiger partial charge in [-0.3, -0.25) is 9.59 Å². The van der Waals surface area contributed by atoms with Gasteiger partial charge in [-0.15, -0.1) is 11.3 Å². The summed E-state index contributed by atoms with van der Waals surface area (Å²) in [6, 6.07) is 3.73. The molecule has 0 spiro atoms. The molecular formula is C18H22N4O2S. The molecule has 2 aromatic rings. The molecule has 0 aliphatic carbocycles. The lowest BCUT2D eigenvalue weighted by atomic mass is 10.1. The summed E-state index contributed by atoms with van der Waals surface area (Å²) in [7, 11) is 0. The summed E-state index contributed by atoms with van der Waals surface area (Å²) in [5.74, 6) is 0.636. The van der Waals surface area contributed by atoms with Crippen molar-refractivity contribution in [2.24, 2.45) is 0 Å². The van der Waals surface area contributed by atoms with Gasteiger partial charge >= 0.3 is 0 Å². The van der Waals surface area contributed by atoms with Gasteiger partial charge in [-0.1, -0.05) is 0 Å². The number of hydrogen-bond acceptors (Lipinski definition) is 5. The maximum absolute atomic E-state index is 12.3. The second kappa shape index (κ2) is 7.31. The topological polar surface area (TPSA) is 75.2 Å². The van der Waals surface area contributed by atoms with Crippen molar-refractivity contribution in [3.8, 4) is 0 Å². The van der Waals surface area contributed by atoms with Crippen LogP contribution in [0.1, 0.15) is 57.4 Å². The minimum Gasteiger partial charge on any atom is -0.347 e. The van der Waals surface area contributed by atoms with Crippen molar-refractivity contribution < 1.29 is 9.59 Å². The molecule has 132 valence electrons. The second-order valence-corrected chi connectivity index (χ2v) is 7.58. The van der Waals surface area contributed by atoms with Crippen molar-refractivity contribution in [3.63, 3.8) is 0 Å². The first kappa shape index (κ1) is 17.5. The Kier molecular flexibility index (Phi) is 5.13. The van der Waals surface area contributed by atoms with E-state index in [-0.39, 0.29) is 17.9 Å². The average Bonchev–Trinajstić information content (AvgIpc) is 3.22. The van der Waals surface area contributed by atoms with E-state index in [9.17, 15) is 9.59 Å². The number of carbonyl (C=O) groups is 2. The van der Waals surface area contributed by atoms with Gasteiger partial charge in [-0.25, -0.2) is 9.97 Å². The van der Waals surface area contributed by atoms with Crippen LogP contribution in [0.2, 0.25) is 0 Å². The molecule has 1 saturated heterocycles. The maximum atomic E-state index is 12.3. The van der Waals surface area contributed by atoms with Crippen LogP contribution in [-0.4, -0.2) is 33.2 Å². The molecule has 0 aromatic carbocycles. The Bertz CT molecular complexity index is 802. The molecule has 2 aromatic heterocycles. The zero-order chi connectivity index (χ0) is 18.0. The zero-order valence-corrected chi connectivity index (χ0v) is 15.5. The molecule has 0 saturated carbocycles. The largest absolute Gasteiger partial charge is 0.347 e. The molecule has 1 fully saturated rings. The Morgan fingerprint density at radius 1 is 1.36 bits per heavy atom. The van der Waals surface area contributed by atoms with E-state index in [4.69, 9.17) is 0 Å². The van der Waals surface area contributed by atoms with Crippen LogP contribution in [0, 0.1) is 13.8 Å². The SMILES string of the molecule is CC(=O)N1CCCC1c1nc(C)ncc1CNC(=O)c1ccc(C)s1. The lowest BCUT2D eigenvalue weighted by molar-refractivity contribution is -0.129. The van der Waals surface area contributed by atoms with Gasteiger partial charge in [0.1, 0.15) is 5.82 Å². The molecule has 0 radical (unpaired) electrons. The van der Waals surface area contributed by atoms with Crippen molar-refractivity contribution in [1.29, 1.82) is 0 Å². The fourth-order valence-corrected chi connectivity index (χ4v) is 3.97. The van der Waals surface area contributed by atoms with Crippen LogP contribution in [-0.2, 0) is 11.3 Å². The molecule has 6 nitrogen and oxygen atoms in total. The number of likely N-dealkylation sites (tertiary alicyclic amines) is 1. The Balaban J connectivity index is 1.80. The summed E-state index contributed by atoms with van der Waals surface area (Å²) in [5, 5.41) is 2.94. The van der Waals surface area contributed by atoms with Gasteiger partial charge in [0.2, 0.25) is 5.91 Å². The van der Waals surface area contributed by atoms with Crippen molar-refractivity contribution in [2.45, 2.75) is 46.2 Å². The Hall–Kier alpha value is -2.28. The second-order valence-electron chi connectivity index (χ2n) is 6.29. The van der Waals surface area contributed by atoms with Crippen molar-refractivity contribution in [1.82, 2.24) is 20.2 Å². The first-order chi connectivity index (χ1) is 12.0. The van der Waals surface area contributed by atoms with Crippen LogP contribution in [0.15, 0.2) is 18.3 Å². The van der Waals surface area contributed by atoms with E-state index < -0.39 is 0 Å². The van der Waals surface area contributed by atoms with E-state index in [1.807, 2.05) is 30.9 Å². The van der Waals surface area contributed by atoms with Gasteiger partial charge in [0.25, 0.3) is 5.91 Å². The van der Waals surface area contributed by atoms with E-state index in [2.05, 4.69) is 15.3 Å². The zero-order valence-electron chi connectivity index (χ0n) is 14.7. The molecule has 7 heteroatoms. The minimum atomic E-state index is -0.0977. The van der Waals surface area contributed by atoms with Crippen molar-refractivity contribution in [2.75, 3.05) is 6.54 Å². The predicted octanol–water partition coefficient (Wildman–Crippen LogP) is 2.77. The van der Waals surface area contributed by atoms with E-state index in [0.29, 0.717) is 17.2 Å². The Morgan fingerprint density at radius 2 is 2.16 bits per heavy atom. The minimum absolute atomic E-state index is 0.0323. The number of nitrogens with one attached hydrogen (secondary N) is 1. The molecule has 2 amide bonds. The summed E-state index contributed by atoms with van der Waals surface area (Å²) in [5.41, 5.74) is 1.72. The van der Waals surface area contributed by atoms with Gasteiger partial charge in [-0.2, -0.15) is 0 Å². The van der Waals surface area contributed by atoms with Gasteiger partial charge in [-0.05, 0) is 38.8 Å². The molecule has 25 heavy (non-hydrogen) atoms. The van der Waals surface area contributed by atoms with Gasteiger partial charge in [0, 0.05) is 36.7 Å². The third-order valence-corrected chi connectivity index (χ3v) is 5.39. The highest BCUT2D eigenvalue weighted by Gasteiger charge is 2.31. The monoisotopic (exact) mass is 358 g/mol. The molecule has 1 unspecified atom stereocenters. The summed E-state index contributed by atoms with van der Waals surface area (Å²) in [4.78, 5) is 36.7. The third-order valence-electron chi connectivity index (χ3n) is 4.39. The van der Waals surface area contributed by atoms with Gasteiger partial charge in [0.15, 0.2) is 0 Å². The third kappa shape index (κ3) is 3.87. The standard InChI is InChI=1S/C18H22N4O2S/c1-11-6-7-16(25-11)18(24)20-10-14-9-19-12(2)21-17(14)15-5-4-8-22(15)13(3)23/h6-7,9,15H,4-5,8,10H2,1-3H3,(H,20,24). The highest BCUT2D eigenvalue weighted by molar-refractivity contribution is 7.13. The number of aryl methyl sites for hydroxylation is 2. The van der Waals surface area contributed by atoms with Gasteiger partial charge in [0.05, 0.1) is 16.6 Å². The molecule has 0 bridgehead atoms. The van der Waals surface area contributed by atoms with E-state index in [1.54, 1.807) is 13.1 Å². The fourth-order valence-electron chi connectivity index (χ4n) is 3.18. The number of rotatable bonds is 4. The number of amides is 2. The first-order valence-corrected chi connectivity index (χ1v) is 9.21. The van der Waals surface area contributed by atoms with E-state index in [1.165, 1.54) is 11.3 Å². The molecule has 1 N–H and O–H groups in total. The molecular weight excluding hydrogens is 336 g/mol. The summed E-state index contributed by atoms with van der Waals surface area (Å²) < 4.78 is 0. The summed E-state index contributed by atoms with van der Waals surface area (Å²) in [6.07, 6.45) is 3.61. The number of thiophene rings is 1. The molecule has 3 rings (SSSR count). The Labute approximate surface area is 151 Å². The quantitative estimate of drug-likeness (QED) is 0.912. The summed E-state index contributed by atoms with van der Waals surface area (Å²) >= 11 is 1.47.